The van der Waals surface area contributed by atoms with E-state index in [0.29, 0.717) is 0 Å². The Morgan fingerprint density at radius 2 is 1.57 bits per heavy atom. The summed E-state index contributed by atoms with van der Waals surface area (Å²) in [5, 5.41) is 4.70. The molecule has 1 aromatic heterocycles. The summed E-state index contributed by atoms with van der Waals surface area (Å²) in [6.07, 6.45) is 12.8. The van der Waals surface area contributed by atoms with Gasteiger partial charge in [-0.05, 0) is 34.2 Å². The van der Waals surface area contributed by atoms with Crippen LogP contribution in [0.5, 0.6) is 0 Å². The van der Waals surface area contributed by atoms with Crippen molar-refractivity contribution in [2.24, 2.45) is 0 Å². The second-order valence-corrected chi connectivity index (χ2v) is 7.84. The first-order chi connectivity index (χ1) is 10.3. The molecule has 2 atom stereocenters. The minimum atomic E-state index is 0.774. The predicted octanol–water partition coefficient (Wildman–Crippen LogP) is 7.51. The van der Waals surface area contributed by atoms with Crippen molar-refractivity contribution in [2.45, 2.75) is 77.6 Å². The van der Waals surface area contributed by atoms with Crippen LogP contribution in [0.25, 0.3) is 10.5 Å². The van der Waals surface area contributed by atoms with Crippen LogP contribution in [0, 0.1) is 0 Å². The Labute approximate surface area is 132 Å². The summed E-state index contributed by atoms with van der Waals surface area (Å²) in [5.41, 5.74) is 0. The molecule has 0 saturated heterocycles. The third kappa shape index (κ3) is 5.51. The van der Waals surface area contributed by atoms with Gasteiger partial charge in [0.25, 0.3) is 0 Å². The monoisotopic (exact) mass is 302 g/mol. The van der Waals surface area contributed by atoms with Crippen molar-refractivity contribution in [1.29, 1.82) is 0 Å². The predicted molar refractivity (Wildman–Crippen MR) is 99.1 cm³/mol. The molecule has 1 heterocycles. The quantitative estimate of drug-likeness (QED) is 0.398. The van der Waals surface area contributed by atoms with Gasteiger partial charge in [0, 0.05) is 0 Å². The van der Waals surface area contributed by atoms with Crippen molar-refractivity contribution in [2.75, 3.05) is 0 Å². The van der Waals surface area contributed by atoms with E-state index in [-0.39, 0.29) is 0 Å². The summed E-state index contributed by atoms with van der Waals surface area (Å²) in [6.45, 7) is 4.71. The molecule has 2 unspecified atom stereocenters. The first-order valence-electron chi connectivity index (χ1n) is 8.89. The van der Waals surface area contributed by atoms with Gasteiger partial charge in [0.2, 0.25) is 0 Å². The molecule has 2 rings (SSSR count). The van der Waals surface area contributed by atoms with Crippen LogP contribution in [0.2, 0.25) is 0 Å². The Morgan fingerprint density at radius 3 is 2.29 bits per heavy atom. The molecule has 0 aliphatic heterocycles. The van der Waals surface area contributed by atoms with Crippen LogP contribution in [0.15, 0.2) is 30.3 Å². The molecular formula is C20H31P. The molecule has 2 aromatic rings. The summed E-state index contributed by atoms with van der Waals surface area (Å²) >= 11 is 0. The fourth-order valence-corrected chi connectivity index (χ4v) is 4.51. The summed E-state index contributed by atoms with van der Waals surface area (Å²) in [6, 6.07) is 11.3. The second-order valence-electron chi connectivity index (χ2n) is 6.48. The smallest absolute Gasteiger partial charge is 0.00155 e. The standard InChI is InChI=1S/C20H31P/c1-3-4-5-6-7-8-9-10-13-17(2)20-16-18-14-11-12-15-19(18)21-20/h11-12,14-17,21H,3-10,13H2,1-2H3. The molecule has 21 heavy (non-hydrogen) atoms. The van der Waals surface area contributed by atoms with Gasteiger partial charge in [0.1, 0.15) is 0 Å². The zero-order valence-electron chi connectivity index (χ0n) is 13.8. The molecule has 0 radical (unpaired) electrons. The van der Waals surface area contributed by atoms with E-state index in [1.54, 1.807) is 10.4 Å². The van der Waals surface area contributed by atoms with E-state index in [9.17, 15) is 0 Å². The topological polar surface area (TPSA) is 0 Å². The number of unbranched alkanes of at least 4 members (excludes halogenated alkanes) is 7. The van der Waals surface area contributed by atoms with Gasteiger partial charge in [0.15, 0.2) is 0 Å². The highest BCUT2D eigenvalue weighted by Gasteiger charge is 2.08. The summed E-state index contributed by atoms with van der Waals surface area (Å²) in [4.78, 5) is 0. The zero-order valence-corrected chi connectivity index (χ0v) is 14.8. The van der Waals surface area contributed by atoms with E-state index in [1.807, 2.05) is 0 Å². The number of benzene rings is 1. The molecule has 0 fully saturated rings. The Hall–Kier alpha value is -0.740. The van der Waals surface area contributed by atoms with Crippen molar-refractivity contribution >= 4 is 18.7 Å². The number of fused-ring (bicyclic) bond motifs is 1. The summed E-state index contributed by atoms with van der Waals surface area (Å²) in [5.74, 6) is 0.774. The van der Waals surface area contributed by atoms with Gasteiger partial charge >= 0.3 is 0 Å². The molecule has 0 aliphatic rings. The molecular weight excluding hydrogens is 271 g/mol. The lowest BCUT2D eigenvalue weighted by atomic mass is 10.00. The molecule has 0 N–H and O–H groups in total. The third-order valence-corrected chi connectivity index (χ3v) is 6.22. The fourth-order valence-electron chi connectivity index (χ4n) is 3.10. The van der Waals surface area contributed by atoms with Crippen LogP contribution in [-0.4, -0.2) is 0 Å². The van der Waals surface area contributed by atoms with Crippen LogP contribution in [0.3, 0.4) is 0 Å². The van der Waals surface area contributed by atoms with Gasteiger partial charge in [-0.3, -0.25) is 0 Å². The summed E-state index contributed by atoms with van der Waals surface area (Å²) in [7, 11) is 0.924. The van der Waals surface area contributed by atoms with E-state index >= 15 is 0 Å². The minimum Gasteiger partial charge on any atom is -0.128 e. The Morgan fingerprint density at radius 1 is 0.905 bits per heavy atom. The van der Waals surface area contributed by atoms with Crippen LogP contribution in [0.4, 0.5) is 0 Å². The van der Waals surface area contributed by atoms with Crippen molar-refractivity contribution in [1.82, 2.24) is 0 Å². The highest BCUT2D eigenvalue weighted by atomic mass is 31.0. The van der Waals surface area contributed by atoms with Gasteiger partial charge < -0.3 is 0 Å². The summed E-state index contributed by atoms with van der Waals surface area (Å²) < 4.78 is 0. The lowest BCUT2D eigenvalue weighted by molar-refractivity contribution is 0.546. The first kappa shape index (κ1) is 16.6. The van der Waals surface area contributed by atoms with E-state index in [4.69, 9.17) is 0 Å². The van der Waals surface area contributed by atoms with Gasteiger partial charge in [0.05, 0.1) is 0 Å². The molecule has 116 valence electrons. The number of rotatable bonds is 10. The lowest BCUT2D eigenvalue weighted by Crippen LogP contribution is -1.90. The van der Waals surface area contributed by atoms with E-state index in [0.717, 1.165) is 14.1 Å². The molecule has 0 nitrogen and oxygen atoms in total. The van der Waals surface area contributed by atoms with Crippen molar-refractivity contribution in [3.05, 3.63) is 35.6 Å². The Balaban J connectivity index is 1.64. The van der Waals surface area contributed by atoms with Crippen molar-refractivity contribution in [3.63, 3.8) is 0 Å². The van der Waals surface area contributed by atoms with Gasteiger partial charge in [-0.1, -0.05) is 89.5 Å². The lowest BCUT2D eigenvalue weighted by Gasteiger charge is -2.09. The van der Waals surface area contributed by atoms with E-state index < -0.39 is 0 Å². The Bertz CT molecular complexity index is 478. The average molecular weight is 302 g/mol. The Kier molecular flexibility index (Phi) is 7.37. The first-order valence-corrected chi connectivity index (χ1v) is 9.89. The van der Waals surface area contributed by atoms with Gasteiger partial charge in [-0.25, -0.2) is 0 Å². The molecule has 0 spiro atoms. The highest BCUT2D eigenvalue weighted by Crippen LogP contribution is 2.36. The SMILES string of the molecule is CCCCCCCCCCC(C)c1cc2ccccc2[pH]1. The van der Waals surface area contributed by atoms with Crippen LogP contribution < -0.4 is 0 Å². The zero-order chi connectivity index (χ0) is 14.9. The normalized spacial score (nSPS) is 13.2. The number of hydrogen-bond acceptors (Lipinski definition) is 0. The fraction of sp³-hybridized carbons (Fsp3) is 0.600. The maximum Gasteiger partial charge on any atom is -0.00155 e. The largest absolute Gasteiger partial charge is 0.128 e. The van der Waals surface area contributed by atoms with E-state index in [2.05, 4.69) is 44.2 Å². The van der Waals surface area contributed by atoms with Crippen LogP contribution in [0.1, 0.15) is 82.8 Å². The van der Waals surface area contributed by atoms with E-state index in [1.165, 1.54) is 63.2 Å². The maximum absolute atomic E-state index is 2.45. The minimum absolute atomic E-state index is 0.774. The molecule has 1 aromatic carbocycles. The van der Waals surface area contributed by atoms with Gasteiger partial charge in [-0.15, -0.1) is 8.19 Å². The third-order valence-electron chi connectivity index (χ3n) is 4.57. The highest BCUT2D eigenvalue weighted by molar-refractivity contribution is 7.38. The molecule has 0 saturated carbocycles. The van der Waals surface area contributed by atoms with Crippen LogP contribution >= 0.6 is 8.19 Å². The molecule has 1 heteroatoms. The second kappa shape index (κ2) is 9.31. The average Bonchev–Trinajstić information content (AvgIpc) is 2.94. The molecule has 0 bridgehead atoms. The number of hydrogen-bond donors (Lipinski definition) is 0. The van der Waals surface area contributed by atoms with Gasteiger partial charge in [-0.2, -0.15) is 0 Å². The maximum atomic E-state index is 2.45. The molecule has 0 amide bonds. The van der Waals surface area contributed by atoms with Crippen molar-refractivity contribution < 1.29 is 0 Å². The molecule has 0 aliphatic carbocycles. The van der Waals surface area contributed by atoms with Crippen LogP contribution in [-0.2, 0) is 0 Å². The van der Waals surface area contributed by atoms with Crippen molar-refractivity contribution in [3.8, 4) is 0 Å².